The van der Waals surface area contributed by atoms with Crippen LogP contribution in [0.25, 0.3) is 0 Å². The molecule has 1 unspecified atom stereocenters. The van der Waals surface area contributed by atoms with Gasteiger partial charge in [0.15, 0.2) is 5.96 Å². The molecule has 1 heterocycles. The van der Waals surface area contributed by atoms with Crippen molar-refractivity contribution in [3.63, 3.8) is 0 Å². The molecule has 5 atom stereocenters. The zero-order valence-electron chi connectivity index (χ0n) is 12.2. The first kappa shape index (κ1) is 18.7. The molecule has 0 aromatic carbocycles. The topological polar surface area (TPSA) is 204 Å². The molecule has 0 spiro atoms. The van der Waals surface area contributed by atoms with Crippen LogP contribution in [0.1, 0.15) is 6.92 Å². The Hall–Kier alpha value is -2.37. The zero-order chi connectivity index (χ0) is 17.7. The third kappa shape index (κ3) is 4.81. The number of carbonyl (C=O) groups is 2. The minimum absolute atomic E-state index is 0.392. The van der Waals surface area contributed by atoms with Gasteiger partial charge >= 0.3 is 0 Å². The van der Waals surface area contributed by atoms with Crippen LogP contribution in [0.4, 0.5) is 0 Å². The number of aliphatic imine (C=N–C) groups is 1. The molecule has 1 rings (SSSR count). The molecule has 0 fully saturated rings. The van der Waals surface area contributed by atoms with Crippen molar-refractivity contribution in [2.75, 3.05) is 6.61 Å². The summed E-state index contributed by atoms with van der Waals surface area (Å²) in [6, 6.07) is -2.18. The Labute approximate surface area is 131 Å². The fraction of sp³-hybridized carbons (Fsp3) is 0.583. The van der Waals surface area contributed by atoms with Crippen LogP contribution in [-0.2, 0) is 14.3 Å². The van der Waals surface area contributed by atoms with E-state index < -0.39 is 60.6 Å². The normalized spacial score (nSPS) is 26.3. The SMILES string of the molecule is CC(=O)N[C@H]1C([C@H](O)[C@H](O)CO)OC(C(=O)[O-])=C[C@@H]1N=C(N)N. The van der Waals surface area contributed by atoms with Gasteiger partial charge < -0.3 is 46.7 Å². The molecule has 0 bridgehead atoms. The van der Waals surface area contributed by atoms with Crippen molar-refractivity contribution in [1.82, 2.24) is 5.32 Å². The number of ether oxygens (including phenoxy) is 1. The molecule has 0 aromatic rings. The summed E-state index contributed by atoms with van der Waals surface area (Å²) in [7, 11) is 0. The number of aliphatic hydroxyl groups excluding tert-OH is 3. The number of nitrogens with zero attached hydrogens (tertiary/aromatic N) is 1. The molecule has 0 aromatic heterocycles. The van der Waals surface area contributed by atoms with Gasteiger partial charge in [0.2, 0.25) is 5.91 Å². The van der Waals surface area contributed by atoms with Crippen LogP contribution in [0.5, 0.6) is 0 Å². The van der Waals surface area contributed by atoms with Gasteiger partial charge in [-0.15, -0.1) is 0 Å². The van der Waals surface area contributed by atoms with Gasteiger partial charge in [0.05, 0.1) is 18.7 Å². The van der Waals surface area contributed by atoms with Crippen molar-refractivity contribution in [1.29, 1.82) is 0 Å². The third-order valence-electron chi connectivity index (χ3n) is 3.09. The summed E-state index contributed by atoms with van der Waals surface area (Å²) in [6.07, 6.45) is -3.80. The number of amides is 1. The standard InChI is InChI=1S/C12H20N4O7/c1-4(18)15-8-5(16-12(13)14)2-7(11(21)22)23-10(8)9(20)6(19)3-17/h2,5-6,8-10,17,19-20H,3H2,1H3,(H,15,18)(H,21,22)(H4,13,14,16)/p-1/t5-,6+,8+,9+,10?/m0/s1. The van der Waals surface area contributed by atoms with E-state index in [9.17, 15) is 24.9 Å². The van der Waals surface area contributed by atoms with Crippen molar-refractivity contribution in [3.05, 3.63) is 11.8 Å². The predicted molar refractivity (Wildman–Crippen MR) is 74.3 cm³/mol. The Bertz CT molecular complexity index is 518. The van der Waals surface area contributed by atoms with E-state index in [1.807, 2.05) is 0 Å². The summed E-state index contributed by atoms with van der Waals surface area (Å²) in [6.45, 7) is 0.363. The number of nitrogens with two attached hydrogens (primary N) is 2. The first-order chi connectivity index (χ1) is 10.7. The number of hydrogen-bond donors (Lipinski definition) is 6. The zero-order valence-corrected chi connectivity index (χ0v) is 12.2. The lowest BCUT2D eigenvalue weighted by atomic mass is 9.92. The summed E-state index contributed by atoms with van der Waals surface area (Å²) in [4.78, 5) is 26.1. The number of nitrogens with one attached hydrogen (secondary N) is 1. The Morgan fingerprint density at radius 1 is 1.48 bits per heavy atom. The van der Waals surface area contributed by atoms with Gasteiger partial charge in [-0.05, 0) is 6.08 Å². The van der Waals surface area contributed by atoms with Gasteiger partial charge in [-0.25, -0.2) is 4.99 Å². The van der Waals surface area contributed by atoms with E-state index in [1.54, 1.807) is 0 Å². The molecular formula is C12H19N4O7-. The van der Waals surface area contributed by atoms with Crippen LogP contribution in [-0.4, -0.2) is 70.2 Å². The predicted octanol–water partition coefficient (Wildman–Crippen LogP) is -5.12. The smallest absolute Gasteiger partial charge is 0.217 e. The Morgan fingerprint density at radius 2 is 2.09 bits per heavy atom. The molecule has 1 amide bonds. The first-order valence-electron chi connectivity index (χ1n) is 6.60. The lowest BCUT2D eigenvalue weighted by molar-refractivity contribution is -0.305. The molecule has 1 aliphatic heterocycles. The summed E-state index contributed by atoms with van der Waals surface area (Å²) >= 11 is 0. The van der Waals surface area contributed by atoms with E-state index in [-0.39, 0.29) is 0 Å². The van der Waals surface area contributed by atoms with Crippen LogP contribution < -0.4 is 21.9 Å². The van der Waals surface area contributed by atoms with E-state index in [1.165, 1.54) is 6.92 Å². The quantitative estimate of drug-likeness (QED) is 0.203. The Kier molecular flexibility index (Phi) is 6.30. The highest BCUT2D eigenvalue weighted by Crippen LogP contribution is 2.24. The van der Waals surface area contributed by atoms with Crippen LogP contribution in [0.15, 0.2) is 16.8 Å². The molecule has 0 saturated heterocycles. The second kappa shape index (κ2) is 7.76. The maximum atomic E-state index is 11.3. The molecule has 11 heteroatoms. The van der Waals surface area contributed by atoms with E-state index >= 15 is 0 Å². The number of aliphatic hydroxyl groups is 3. The van der Waals surface area contributed by atoms with Crippen molar-refractivity contribution in [2.45, 2.75) is 37.3 Å². The minimum Gasteiger partial charge on any atom is -0.542 e. The maximum absolute atomic E-state index is 11.3. The molecule has 8 N–H and O–H groups in total. The second-order valence-electron chi connectivity index (χ2n) is 4.91. The fourth-order valence-electron chi connectivity index (χ4n) is 2.13. The number of guanidine groups is 1. The van der Waals surface area contributed by atoms with Gasteiger partial charge in [0.25, 0.3) is 0 Å². The number of carboxylic acids is 1. The highest BCUT2D eigenvalue weighted by molar-refractivity contribution is 5.83. The largest absolute Gasteiger partial charge is 0.542 e. The number of carbonyl (C=O) groups excluding carboxylic acids is 2. The van der Waals surface area contributed by atoms with Gasteiger partial charge in [-0.1, -0.05) is 0 Å². The van der Waals surface area contributed by atoms with Crippen LogP contribution in [0.2, 0.25) is 0 Å². The van der Waals surface area contributed by atoms with Crippen molar-refractivity contribution < 1.29 is 34.8 Å². The van der Waals surface area contributed by atoms with Gasteiger partial charge in [-0.2, -0.15) is 0 Å². The summed E-state index contributed by atoms with van der Waals surface area (Å²) in [5.41, 5.74) is 10.6. The number of aliphatic carboxylic acids is 1. The first-order valence-corrected chi connectivity index (χ1v) is 6.60. The second-order valence-corrected chi connectivity index (χ2v) is 4.91. The molecule has 11 nitrogen and oxygen atoms in total. The number of hydrogen-bond acceptors (Lipinski definition) is 8. The molecule has 0 radical (unpaired) electrons. The average Bonchev–Trinajstić information content (AvgIpc) is 2.45. The highest BCUT2D eigenvalue weighted by atomic mass is 16.5. The van der Waals surface area contributed by atoms with Gasteiger partial charge in [0.1, 0.15) is 30.0 Å². The minimum atomic E-state index is -1.73. The molecule has 0 saturated carbocycles. The van der Waals surface area contributed by atoms with Crippen LogP contribution >= 0.6 is 0 Å². The van der Waals surface area contributed by atoms with Crippen molar-refractivity contribution >= 4 is 17.8 Å². The number of carboxylic acid groups (broad SMARTS) is 1. The number of rotatable bonds is 6. The molecule has 0 aliphatic carbocycles. The fourth-order valence-corrected chi connectivity index (χ4v) is 2.13. The van der Waals surface area contributed by atoms with E-state index in [2.05, 4.69) is 10.3 Å². The van der Waals surface area contributed by atoms with Crippen molar-refractivity contribution in [3.8, 4) is 0 Å². The molecule has 130 valence electrons. The van der Waals surface area contributed by atoms with Gasteiger partial charge in [0, 0.05) is 6.92 Å². The van der Waals surface area contributed by atoms with E-state index in [0.717, 1.165) is 6.08 Å². The molecular weight excluding hydrogens is 312 g/mol. The van der Waals surface area contributed by atoms with E-state index in [0.29, 0.717) is 0 Å². The lowest BCUT2D eigenvalue weighted by Gasteiger charge is -2.39. The maximum Gasteiger partial charge on any atom is 0.217 e. The summed E-state index contributed by atoms with van der Waals surface area (Å²) in [5, 5.41) is 42.0. The Morgan fingerprint density at radius 3 is 2.52 bits per heavy atom. The van der Waals surface area contributed by atoms with E-state index in [4.69, 9.17) is 21.3 Å². The molecule has 23 heavy (non-hydrogen) atoms. The molecule has 1 aliphatic rings. The average molecular weight is 331 g/mol. The van der Waals surface area contributed by atoms with Crippen LogP contribution in [0.3, 0.4) is 0 Å². The van der Waals surface area contributed by atoms with Gasteiger partial charge in [-0.3, -0.25) is 4.79 Å². The third-order valence-corrected chi connectivity index (χ3v) is 3.09. The summed E-state index contributed by atoms with van der Waals surface area (Å²) < 4.78 is 5.07. The Balaban J connectivity index is 3.28. The monoisotopic (exact) mass is 331 g/mol. The highest BCUT2D eigenvalue weighted by Gasteiger charge is 2.42. The van der Waals surface area contributed by atoms with Crippen LogP contribution in [0, 0.1) is 0 Å². The van der Waals surface area contributed by atoms with Crippen molar-refractivity contribution in [2.24, 2.45) is 16.5 Å². The lowest BCUT2D eigenvalue weighted by Crippen LogP contribution is -2.60. The summed E-state index contributed by atoms with van der Waals surface area (Å²) in [5.74, 6) is -3.29.